The van der Waals surface area contributed by atoms with Gasteiger partial charge in [-0.15, -0.1) is 0 Å². The number of anilines is 3. The second kappa shape index (κ2) is 10.9. The Balaban J connectivity index is 1.33. The predicted octanol–water partition coefficient (Wildman–Crippen LogP) is 5.44. The molecule has 1 N–H and O–H groups in total. The minimum atomic E-state index is -0.504. The number of hydrogen-bond donors (Lipinski definition) is 1. The van der Waals surface area contributed by atoms with Crippen molar-refractivity contribution in [3.8, 4) is 0 Å². The van der Waals surface area contributed by atoms with Gasteiger partial charge in [-0.25, -0.2) is 14.8 Å². The van der Waals surface area contributed by atoms with Crippen LogP contribution in [0.4, 0.5) is 22.2 Å². The number of aromatic nitrogens is 4. The Bertz CT molecular complexity index is 1480. The molecule has 2 fully saturated rings. The molecule has 1 aliphatic carbocycles. The van der Waals surface area contributed by atoms with Gasteiger partial charge in [0.1, 0.15) is 17.1 Å². The van der Waals surface area contributed by atoms with E-state index in [9.17, 15) is 9.59 Å². The maximum atomic E-state index is 13.6. The monoisotopic (exact) mass is 545 g/mol. The Kier molecular flexibility index (Phi) is 7.53. The van der Waals surface area contributed by atoms with Crippen LogP contribution in [-0.4, -0.2) is 62.3 Å². The summed E-state index contributed by atoms with van der Waals surface area (Å²) >= 11 is 0. The third kappa shape index (κ3) is 5.66. The molecular formula is C30H39N7O3. The Morgan fingerprint density at radius 2 is 1.77 bits per heavy atom. The minimum absolute atomic E-state index is 0.0247. The third-order valence-electron chi connectivity index (χ3n) is 7.61. The lowest BCUT2D eigenvalue weighted by Gasteiger charge is -2.36. The Morgan fingerprint density at radius 1 is 1.07 bits per heavy atom. The van der Waals surface area contributed by atoms with Crippen molar-refractivity contribution in [2.45, 2.75) is 71.9 Å². The lowest BCUT2D eigenvalue weighted by atomic mass is 10.0. The largest absolute Gasteiger partial charge is 0.444 e. The maximum Gasteiger partial charge on any atom is 0.410 e. The smallest absolute Gasteiger partial charge is 0.410 e. The molecule has 3 aromatic rings. The fourth-order valence-corrected chi connectivity index (χ4v) is 5.63. The normalized spacial score (nSPS) is 16.4. The zero-order valence-corrected chi connectivity index (χ0v) is 24.2. The Morgan fingerprint density at radius 3 is 2.38 bits per heavy atom. The third-order valence-corrected chi connectivity index (χ3v) is 7.61. The average molecular weight is 546 g/mol. The molecule has 5 rings (SSSR count). The molecule has 1 saturated carbocycles. The number of aryl methyl sites for hydroxylation is 1. The van der Waals surface area contributed by atoms with Crippen LogP contribution in [0.15, 0.2) is 35.9 Å². The molecule has 0 atom stereocenters. The molecule has 0 spiro atoms. The number of ether oxygens (including phenoxy) is 1. The van der Waals surface area contributed by atoms with Crippen molar-refractivity contribution in [2.24, 2.45) is 0 Å². The van der Waals surface area contributed by atoms with Crippen LogP contribution in [0.25, 0.3) is 16.6 Å². The summed E-state index contributed by atoms with van der Waals surface area (Å²) in [5.41, 5.74) is 3.38. The first-order valence-electron chi connectivity index (χ1n) is 14.1. The zero-order chi connectivity index (χ0) is 28.6. The van der Waals surface area contributed by atoms with Crippen LogP contribution in [0, 0.1) is 6.92 Å². The first-order chi connectivity index (χ1) is 19.0. The summed E-state index contributed by atoms with van der Waals surface area (Å²) in [4.78, 5) is 43.8. The van der Waals surface area contributed by atoms with Gasteiger partial charge < -0.3 is 19.9 Å². The van der Waals surface area contributed by atoms with Crippen molar-refractivity contribution in [1.29, 1.82) is 0 Å². The molecule has 1 aliphatic heterocycles. The van der Waals surface area contributed by atoms with E-state index in [1.807, 2.05) is 57.5 Å². The standard InChI is InChI=1S/C30H39N7O3/c1-19(2)25-20(3)23-18-32-28(34-26(23)37(27(25)38)21-9-7-8-10-21)33-24-12-11-22(17-31-24)35-13-15-36(16-14-35)29(39)40-30(4,5)6/h11-12,17-18,21H,1,7-10,13-16H2,2-6H3,(H,31,32,33,34). The van der Waals surface area contributed by atoms with Crippen LogP contribution in [0.3, 0.4) is 0 Å². The number of fused-ring (bicyclic) bond motifs is 1. The van der Waals surface area contributed by atoms with Gasteiger partial charge in [0, 0.05) is 49.4 Å². The molecule has 10 nitrogen and oxygen atoms in total. The topological polar surface area (TPSA) is 105 Å². The van der Waals surface area contributed by atoms with Gasteiger partial charge in [-0.3, -0.25) is 9.36 Å². The second-order valence-corrected chi connectivity index (χ2v) is 11.8. The molecule has 1 saturated heterocycles. The highest BCUT2D eigenvalue weighted by Crippen LogP contribution is 2.33. The molecule has 2 aliphatic rings. The SMILES string of the molecule is C=C(C)c1c(C)c2cnc(Nc3ccc(N4CCN(C(=O)OC(C)(C)C)CC4)cn3)nc2n(C2CCCC2)c1=O. The first-order valence-corrected chi connectivity index (χ1v) is 14.1. The average Bonchev–Trinajstić information content (AvgIpc) is 3.42. The van der Waals surface area contributed by atoms with Gasteiger partial charge in [0.05, 0.1) is 11.9 Å². The highest BCUT2D eigenvalue weighted by molar-refractivity contribution is 5.85. The van der Waals surface area contributed by atoms with Crippen LogP contribution >= 0.6 is 0 Å². The Hall–Kier alpha value is -3.95. The fraction of sp³-hybridized carbons (Fsp3) is 0.500. The summed E-state index contributed by atoms with van der Waals surface area (Å²) in [5, 5.41) is 4.07. The number of hydrogen-bond acceptors (Lipinski definition) is 8. The van der Waals surface area contributed by atoms with E-state index >= 15 is 0 Å². The maximum absolute atomic E-state index is 13.6. The lowest BCUT2D eigenvalue weighted by molar-refractivity contribution is 0.0240. The summed E-state index contributed by atoms with van der Waals surface area (Å²) in [7, 11) is 0. The Labute approximate surface area is 235 Å². The van der Waals surface area contributed by atoms with Crippen LogP contribution in [0.5, 0.6) is 0 Å². The van der Waals surface area contributed by atoms with Crippen molar-refractivity contribution in [3.05, 3.63) is 52.6 Å². The molecule has 212 valence electrons. The van der Waals surface area contributed by atoms with Gasteiger partial charge in [-0.2, -0.15) is 4.98 Å². The van der Waals surface area contributed by atoms with Gasteiger partial charge in [0.25, 0.3) is 5.56 Å². The summed E-state index contributed by atoms with van der Waals surface area (Å²) < 4.78 is 7.36. The van der Waals surface area contributed by atoms with Gasteiger partial charge in [-0.1, -0.05) is 19.4 Å². The van der Waals surface area contributed by atoms with Crippen molar-refractivity contribution in [3.63, 3.8) is 0 Å². The molecule has 0 radical (unpaired) electrons. The zero-order valence-electron chi connectivity index (χ0n) is 24.2. The molecule has 0 unspecified atom stereocenters. The molecule has 4 heterocycles. The summed E-state index contributed by atoms with van der Waals surface area (Å²) in [6.45, 7) is 16.1. The first kappa shape index (κ1) is 27.6. The molecular weight excluding hydrogens is 506 g/mol. The number of allylic oxidation sites excluding steroid dienone is 1. The van der Waals surface area contributed by atoms with E-state index in [2.05, 4.69) is 26.8 Å². The fourth-order valence-electron chi connectivity index (χ4n) is 5.63. The number of pyridine rings is 2. The molecule has 40 heavy (non-hydrogen) atoms. The number of rotatable bonds is 5. The number of piperazine rings is 1. The van der Waals surface area contributed by atoms with Gasteiger partial charge >= 0.3 is 6.09 Å². The van der Waals surface area contributed by atoms with Gasteiger partial charge in [0.15, 0.2) is 0 Å². The van der Waals surface area contributed by atoms with Gasteiger partial charge in [-0.05, 0) is 70.7 Å². The van der Waals surface area contributed by atoms with E-state index in [0.29, 0.717) is 49.2 Å². The molecule has 0 aromatic carbocycles. The highest BCUT2D eigenvalue weighted by Gasteiger charge is 2.27. The number of nitrogens with one attached hydrogen (secondary N) is 1. The molecule has 3 aromatic heterocycles. The quantitative estimate of drug-likeness (QED) is 0.452. The number of carbonyl (C=O) groups is 1. The van der Waals surface area contributed by atoms with Crippen molar-refractivity contribution in [2.75, 3.05) is 36.4 Å². The van der Waals surface area contributed by atoms with Crippen molar-refractivity contribution in [1.82, 2.24) is 24.4 Å². The summed E-state index contributed by atoms with van der Waals surface area (Å²) in [6.07, 6.45) is 7.48. The number of carbonyl (C=O) groups excluding carboxylic acids is 1. The van der Waals surface area contributed by atoms with E-state index in [-0.39, 0.29) is 17.7 Å². The number of nitrogens with zero attached hydrogens (tertiary/aromatic N) is 6. The van der Waals surface area contributed by atoms with Crippen LogP contribution in [0.1, 0.15) is 70.5 Å². The van der Waals surface area contributed by atoms with E-state index in [4.69, 9.17) is 9.72 Å². The van der Waals surface area contributed by atoms with E-state index in [1.54, 1.807) is 11.1 Å². The van der Waals surface area contributed by atoms with Crippen molar-refractivity contribution >= 4 is 40.2 Å². The molecule has 0 bridgehead atoms. The predicted molar refractivity (Wildman–Crippen MR) is 158 cm³/mol. The molecule has 1 amide bonds. The van der Waals surface area contributed by atoms with Crippen molar-refractivity contribution < 1.29 is 9.53 Å². The highest BCUT2D eigenvalue weighted by atomic mass is 16.6. The summed E-state index contributed by atoms with van der Waals surface area (Å²) in [6, 6.07) is 4.02. The van der Waals surface area contributed by atoms with Crippen LogP contribution in [0.2, 0.25) is 0 Å². The number of amides is 1. The second-order valence-electron chi connectivity index (χ2n) is 11.8. The van der Waals surface area contributed by atoms with E-state index in [0.717, 1.165) is 47.9 Å². The minimum Gasteiger partial charge on any atom is -0.444 e. The van der Waals surface area contributed by atoms with Gasteiger partial charge in [0.2, 0.25) is 5.95 Å². The van der Waals surface area contributed by atoms with Crippen LogP contribution < -0.4 is 15.8 Å². The molecule has 10 heteroatoms. The van der Waals surface area contributed by atoms with E-state index in [1.165, 1.54) is 0 Å². The van der Waals surface area contributed by atoms with Crippen LogP contribution in [-0.2, 0) is 4.74 Å². The van der Waals surface area contributed by atoms with E-state index < -0.39 is 5.60 Å². The lowest BCUT2D eigenvalue weighted by Crippen LogP contribution is -2.50. The summed E-state index contributed by atoms with van der Waals surface area (Å²) in [5.74, 6) is 1.01.